The third kappa shape index (κ3) is 2.31. The average molecular weight is 262 g/mol. The van der Waals surface area contributed by atoms with Crippen LogP contribution in [0.4, 0.5) is 4.39 Å². The molecule has 6 heteroatoms. The lowest BCUT2D eigenvalue weighted by atomic mass is 9.80. The zero-order valence-electron chi connectivity index (χ0n) is 9.78. The Balaban J connectivity index is 0.00000108. The lowest BCUT2D eigenvalue weighted by molar-refractivity contribution is 0.298. The van der Waals surface area contributed by atoms with Crippen LogP contribution >= 0.6 is 12.4 Å². The summed E-state index contributed by atoms with van der Waals surface area (Å²) in [7, 11) is 0. The van der Waals surface area contributed by atoms with Gasteiger partial charge in [-0.15, -0.1) is 12.4 Å². The lowest BCUT2D eigenvalue weighted by Crippen LogP contribution is -2.38. The Morgan fingerprint density at radius 1 is 1.41 bits per heavy atom. The van der Waals surface area contributed by atoms with Crippen LogP contribution < -0.4 is 5.32 Å². The molecule has 1 aliphatic heterocycles. The minimum atomic E-state index is -0.769. The van der Waals surface area contributed by atoms with E-state index in [0.717, 1.165) is 31.8 Å². The molecule has 0 amide bonds. The van der Waals surface area contributed by atoms with Gasteiger partial charge >= 0.3 is 0 Å². The zero-order valence-corrected chi connectivity index (χ0v) is 10.6. The molecule has 1 saturated carbocycles. The van der Waals surface area contributed by atoms with Gasteiger partial charge in [-0.25, -0.2) is 4.39 Å². The fraction of sp³-hybridized carbons (Fsp3) is 0.818. The lowest BCUT2D eigenvalue weighted by Gasteiger charge is -2.30. The van der Waals surface area contributed by atoms with Gasteiger partial charge in [0.15, 0.2) is 5.82 Å². The number of nitrogens with zero attached hydrogens (tertiary/aromatic N) is 2. The Kier molecular flexibility index (Phi) is 3.41. The van der Waals surface area contributed by atoms with E-state index in [1.54, 1.807) is 0 Å². The summed E-state index contributed by atoms with van der Waals surface area (Å²) >= 11 is 0. The third-order valence-electron chi connectivity index (χ3n) is 3.72. The number of piperidine rings is 1. The summed E-state index contributed by atoms with van der Waals surface area (Å²) in [4.78, 5) is 4.37. The first-order valence-corrected chi connectivity index (χ1v) is 5.88. The van der Waals surface area contributed by atoms with Gasteiger partial charge in [0.05, 0.1) is 5.92 Å². The summed E-state index contributed by atoms with van der Waals surface area (Å²) in [5, 5.41) is 7.34. The highest BCUT2D eigenvalue weighted by Gasteiger charge is 2.44. The molecule has 2 heterocycles. The molecule has 1 N–H and O–H groups in total. The summed E-state index contributed by atoms with van der Waals surface area (Å²) in [6.45, 7) is 4.12. The Hall–Kier alpha value is -0.680. The van der Waals surface area contributed by atoms with Gasteiger partial charge < -0.3 is 9.84 Å². The van der Waals surface area contributed by atoms with E-state index < -0.39 is 6.17 Å². The van der Waals surface area contributed by atoms with E-state index >= 15 is 0 Å². The molecule has 17 heavy (non-hydrogen) atoms. The zero-order chi connectivity index (χ0) is 11.2. The Bertz CT molecular complexity index is 392. The van der Waals surface area contributed by atoms with Crippen LogP contribution in [0.5, 0.6) is 0 Å². The van der Waals surface area contributed by atoms with E-state index in [9.17, 15) is 4.39 Å². The van der Waals surface area contributed by atoms with Crippen LogP contribution in [0, 0.1) is 0 Å². The van der Waals surface area contributed by atoms with Crippen molar-refractivity contribution in [2.45, 2.75) is 43.7 Å². The summed E-state index contributed by atoms with van der Waals surface area (Å²) < 4.78 is 18.0. The molecule has 3 rings (SSSR count). The maximum Gasteiger partial charge on any atom is 0.232 e. The Labute approximate surface area is 106 Å². The van der Waals surface area contributed by atoms with Crippen molar-refractivity contribution in [1.29, 1.82) is 0 Å². The highest BCUT2D eigenvalue weighted by atomic mass is 35.5. The van der Waals surface area contributed by atoms with Gasteiger partial charge in [0.1, 0.15) is 6.17 Å². The molecule has 0 aromatic carbocycles. The summed E-state index contributed by atoms with van der Waals surface area (Å²) in [5.74, 6) is 1.11. The second-order valence-corrected chi connectivity index (χ2v) is 5.13. The van der Waals surface area contributed by atoms with Gasteiger partial charge in [-0.3, -0.25) is 0 Å². The van der Waals surface area contributed by atoms with Crippen molar-refractivity contribution in [2.75, 3.05) is 13.1 Å². The number of nitrogens with one attached hydrogen (secondary N) is 1. The summed E-state index contributed by atoms with van der Waals surface area (Å²) in [6, 6.07) is 0. The second-order valence-electron chi connectivity index (χ2n) is 5.13. The molecule has 96 valence electrons. The molecule has 1 aliphatic carbocycles. The van der Waals surface area contributed by atoms with Crippen LogP contribution in [0.15, 0.2) is 4.52 Å². The largest absolute Gasteiger partial charge is 0.339 e. The molecule has 1 aromatic rings. The molecule has 4 nitrogen and oxygen atoms in total. The van der Waals surface area contributed by atoms with Crippen molar-refractivity contribution in [3.8, 4) is 0 Å². The number of rotatable bonds is 2. The van der Waals surface area contributed by atoms with Crippen LogP contribution in [0.2, 0.25) is 0 Å². The van der Waals surface area contributed by atoms with Crippen LogP contribution in [0.25, 0.3) is 0 Å². The quantitative estimate of drug-likeness (QED) is 0.884. The maximum absolute atomic E-state index is 12.9. The van der Waals surface area contributed by atoms with Crippen LogP contribution in [0.3, 0.4) is 0 Å². The number of hydrogen-bond donors (Lipinski definition) is 1. The van der Waals surface area contributed by atoms with E-state index in [1.165, 1.54) is 0 Å². The Morgan fingerprint density at radius 3 is 2.65 bits per heavy atom. The normalized spacial score (nSPS) is 30.7. The number of aromatic nitrogens is 2. The van der Waals surface area contributed by atoms with Crippen LogP contribution in [-0.2, 0) is 5.41 Å². The van der Waals surface area contributed by atoms with Crippen LogP contribution in [-0.4, -0.2) is 29.4 Å². The van der Waals surface area contributed by atoms with E-state index in [-0.39, 0.29) is 23.7 Å². The monoisotopic (exact) mass is 261 g/mol. The van der Waals surface area contributed by atoms with Gasteiger partial charge in [0, 0.05) is 5.41 Å². The highest BCUT2D eigenvalue weighted by molar-refractivity contribution is 5.85. The first-order valence-electron chi connectivity index (χ1n) is 5.88. The van der Waals surface area contributed by atoms with E-state index in [2.05, 4.69) is 22.4 Å². The molecule has 0 radical (unpaired) electrons. The van der Waals surface area contributed by atoms with Crippen molar-refractivity contribution in [2.24, 2.45) is 0 Å². The average Bonchev–Trinajstić information content (AvgIpc) is 2.82. The van der Waals surface area contributed by atoms with Crippen molar-refractivity contribution in [1.82, 2.24) is 15.5 Å². The van der Waals surface area contributed by atoms with E-state index in [0.29, 0.717) is 12.3 Å². The molecule has 2 fully saturated rings. The van der Waals surface area contributed by atoms with Gasteiger partial charge in [-0.05, 0) is 32.4 Å². The molecule has 0 unspecified atom stereocenters. The molecule has 1 aromatic heterocycles. The fourth-order valence-corrected chi connectivity index (χ4v) is 2.25. The molecule has 0 spiro atoms. The molecular formula is C11H17ClFN3O. The number of halogens is 2. The molecule has 2 aliphatic rings. The summed E-state index contributed by atoms with van der Waals surface area (Å²) in [5.41, 5.74) is -0.00625. The van der Waals surface area contributed by atoms with Crippen molar-refractivity contribution in [3.63, 3.8) is 0 Å². The molecule has 2 atom stereocenters. The molecular weight excluding hydrogens is 245 g/mol. The fourth-order valence-electron chi connectivity index (χ4n) is 2.25. The maximum atomic E-state index is 12.9. The second kappa shape index (κ2) is 4.53. The van der Waals surface area contributed by atoms with E-state index in [1.807, 2.05) is 0 Å². The predicted molar refractivity (Wildman–Crippen MR) is 63.3 cm³/mol. The van der Waals surface area contributed by atoms with Crippen molar-refractivity contribution >= 4 is 12.4 Å². The predicted octanol–water partition coefficient (Wildman–Crippen LogP) is 1.96. The number of alkyl halides is 1. The van der Waals surface area contributed by atoms with Gasteiger partial charge in [0.25, 0.3) is 0 Å². The third-order valence-corrected chi connectivity index (χ3v) is 3.72. The van der Waals surface area contributed by atoms with Crippen LogP contribution in [0.1, 0.15) is 43.8 Å². The molecule has 1 saturated heterocycles. The first kappa shape index (κ1) is 12.8. The van der Waals surface area contributed by atoms with Gasteiger partial charge in [-0.1, -0.05) is 12.1 Å². The minimum Gasteiger partial charge on any atom is -0.339 e. The smallest absolute Gasteiger partial charge is 0.232 e. The minimum absolute atomic E-state index is 0. The SMILES string of the molecule is CC1(c2noc([C@H]3C[C@@H]3F)n2)CCNCC1.Cl. The Morgan fingerprint density at radius 2 is 2.06 bits per heavy atom. The van der Waals surface area contributed by atoms with Crippen molar-refractivity contribution < 1.29 is 8.91 Å². The standard InChI is InChI=1S/C11H16FN3O.ClH/c1-11(2-4-13-5-3-11)10-14-9(16-15-10)7-6-8(7)12;/h7-8,13H,2-6H2,1H3;1H/t7-,8-;/m0./s1. The van der Waals surface area contributed by atoms with Gasteiger partial charge in [0.2, 0.25) is 5.89 Å². The van der Waals surface area contributed by atoms with Gasteiger partial charge in [-0.2, -0.15) is 4.98 Å². The van der Waals surface area contributed by atoms with Crippen molar-refractivity contribution in [3.05, 3.63) is 11.7 Å². The van der Waals surface area contributed by atoms with E-state index in [4.69, 9.17) is 4.52 Å². The highest BCUT2D eigenvalue weighted by Crippen LogP contribution is 2.43. The summed E-state index contributed by atoms with van der Waals surface area (Å²) in [6.07, 6.45) is 1.79. The number of hydrogen-bond acceptors (Lipinski definition) is 4. The topological polar surface area (TPSA) is 51.0 Å². The first-order chi connectivity index (χ1) is 7.69. The molecule has 0 bridgehead atoms.